The minimum absolute atomic E-state index is 0.0608. The predicted molar refractivity (Wildman–Crippen MR) is 104 cm³/mol. The van der Waals surface area contributed by atoms with Crippen molar-refractivity contribution in [1.29, 1.82) is 0 Å². The number of rotatable bonds is 5. The highest BCUT2D eigenvalue weighted by Gasteiger charge is 2.31. The molecule has 10 heteroatoms. The zero-order chi connectivity index (χ0) is 20.8. The third-order valence-corrected chi connectivity index (χ3v) is 5.34. The topological polar surface area (TPSA) is 70.9 Å². The highest BCUT2D eigenvalue weighted by Crippen LogP contribution is 2.32. The number of Topliss-reactive ketones (excluding diaryl/α,β-unsaturated/α-hetero) is 1. The van der Waals surface area contributed by atoms with Gasteiger partial charge in [0.25, 0.3) is 5.13 Å². The largest absolute Gasteiger partial charge is 0.573 e. The predicted octanol–water partition coefficient (Wildman–Crippen LogP) is 4.84. The van der Waals surface area contributed by atoms with Crippen molar-refractivity contribution < 1.29 is 27.3 Å². The van der Waals surface area contributed by atoms with Gasteiger partial charge < -0.3 is 4.74 Å². The van der Waals surface area contributed by atoms with Crippen LogP contribution in [0.4, 0.5) is 24.3 Å². The Balaban J connectivity index is 1.64. The van der Waals surface area contributed by atoms with Crippen LogP contribution in [0.3, 0.4) is 0 Å². The Morgan fingerprint density at radius 2 is 2.07 bits per heavy atom. The molecule has 0 spiro atoms. The van der Waals surface area contributed by atoms with Crippen LogP contribution in [0.25, 0.3) is 21.3 Å². The molecular formula is C19H16F3N4O2S+. The van der Waals surface area contributed by atoms with Gasteiger partial charge in [-0.1, -0.05) is 18.3 Å². The van der Waals surface area contributed by atoms with E-state index in [0.717, 1.165) is 11.0 Å². The standard InChI is InChI=1S/C19H15F3N4O2S/c1-3-15(27)10-4-6-12-14(8-10)26(2)17(23-12)25-18-24-13-7-5-11(9-16(13)29-18)28-19(20,21)22/h4-9H,3H2,1-2H3,(H,23,24,25,27)/p+1. The maximum atomic E-state index is 12.4. The lowest BCUT2D eigenvalue weighted by molar-refractivity contribution is -0.629. The van der Waals surface area contributed by atoms with Gasteiger partial charge in [0.2, 0.25) is 0 Å². The summed E-state index contributed by atoms with van der Waals surface area (Å²) in [5.41, 5.74) is 2.87. The molecule has 2 heterocycles. The molecule has 0 bridgehead atoms. The van der Waals surface area contributed by atoms with Gasteiger partial charge in [-0.05, 0) is 30.3 Å². The van der Waals surface area contributed by atoms with Crippen molar-refractivity contribution in [2.75, 3.05) is 5.32 Å². The molecule has 4 aromatic rings. The lowest BCUT2D eigenvalue weighted by atomic mass is 10.1. The number of carbonyl (C=O) groups is 1. The number of aryl methyl sites for hydroxylation is 1. The Morgan fingerprint density at radius 1 is 1.28 bits per heavy atom. The highest BCUT2D eigenvalue weighted by atomic mass is 32.1. The fourth-order valence-corrected chi connectivity index (χ4v) is 3.89. The van der Waals surface area contributed by atoms with E-state index in [1.165, 1.54) is 29.5 Å². The SMILES string of the molecule is CCC(=O)c1ccc2[nH]c(Nc3nc4ccc(OC(F)(F)F)cc4s3)[n+](C)c2c1. The number of ether oxygens (including phenoxy) is 1. The highest BCUT2D eigenvalue weighted by molar-refractivity contribution is 7.22. The number of aromatic nitrogens is 3. The lowest BCUT2D eigenvalue weighted by Gasteiger charge is -2.07. The molecule has 2 aromatic carbocycles. The van der Waals surface area contributed by atoms with Crippen LogP contribution in [0.15, 0.2) is 36.4 Å². The number of halogens is 3. The van der Waals surface area contributed by atoms with Crippen LogP contribution in [0.2, 0.25) is 0 Å². The minimum atomic E-state index is -4.74. The smallest absolute Gasteiger partial charge is 0.406 e. The molecule has 29 heavy (non-hydrogen) atoms. The molecule has 0 aliphatic rings. The minimum Gasteiger partial charge on any atom is -0.406 e. The zero-order valence-corrected chi connectivity index (χ0v) is 16.2. The van der Waals surface area contributed by atoms with E-state index in [-0.39, 0.29) is 11.5 Å². The van der Waals surface area contributed by atoms with E-state index in [4.69, 9.17) is 0 Å². The van der Waals surface area contributed by atoms with Crippen molar-refractivity contribution in [2.24, 2.45) is 7.05 Å². The van der Waals surface area contributed by atoms with Crippen molar-refractivity contribution in [1.82, 2.24) is 9.97 Å². The zero-order valence-electron chi connectivity index (χ0n) is 15.4. The van der Waals surface area contributed by atoms with Gasteiger partial charge >= 0.3 is 12.3 Å². The Morgan fingerprint density at radius 3 is 2.79 bits per heavy atom. The summed E-state index contributed by atoms with van der Waals surface area (Å²) in [5, 5.41) is 3.66. The molecule has 0 fully saturated rings. The summed E-state index contributed by atoms with van der Waals surface area (Å²) in [6, 6.07) is 9.44. The van der Waals surface area contributed by atoms with E-state index < -0.39 is 6.36 Å². The third-order valence-electron chi connectivity index (χ3n) is 4.41. The molecule has 0 saturated carbocycles. The van der Waals surface area contributed by atoms with E-state index >= 15 is 0 Å². The number of thiazole rings is 1. The number of nitrogens with one attached hydrogen (secondary N) is 2. The lowest BCUT2D eigenvalue weighted by Crippen LogP contribution is -2.29. The Kier molecular flexibility index (Phi) is 4.65. The first-order chi connectivity index (χ1) is 13.7. The summed E-state index contributed by atoms with van der Waals surface area (Å²) in [4.78, 5) is 19.6. The number of carbonyl (C=O) groups excluding carboxylic acids is 1. The van der Waals surface area contributed by atoms with E-state index in [9.17, 15) is 18.0 Å². The van der Waals surface area contributed by atoms with E-state index in [2.05, 4.69) is 20.0 Å². The number of nitrogens with zero attached hydrogens (tertiary/aromatic N) is 2. The van der Waals surface area contributed by atoms with Gasteiger partial charge in [0.05, 0.1) is 17.3 Å². The number of aromatic amines is 1. The summed E-state index contributed by atoms with van der Waals surface area (Å²) in [5.74, 6) is 0.405. The quantitative estimate of drug-likeness (QED) is 0.357. The van der Waals surface area contributed by atoms with Crippen molar-refractivity contribution in [2.45, 2.75) is 19.7 Å². The molecule has 0 aliphatic carbocycles. The second kappa shape index (κ2) is 7.03. The number of benzene rings is 2. The number of ketones is 1. The number of anilines is 2. The Labute approximate surface area is 166 Å². The van der Waals surface area contributed by atoms with Crippen molar-refractivity contribution in [3.8, 4) is 5.75 Å². The van der Waals surface area contributed by atoms with Gasteiger partial charge in [-0.25, -0.2) is 19.9 Å². The number of hydrogen-bond donors (Lipinski definition) is 2. The van der Waals surface area contributed by atoms with Crippen molar-refractivity contribution in [3.05, 3.63) is 42.0 Å². The van der Waals surface area contributed by atoms with Crippen LogP contribution < -0.4 is 14.6 Å². The number of imidazole rings is 1. The maximum absolute atomic E-state index is 12.4. The molecule has 150 valence electrons. The average Bonchev–Trinajstić information content (AvgIpc) is 3.20. The molecule has 2 aromatic heterocycles. The normalized spacial score (nSPS) is 11.9. The Bertz CT molecular complexity index is 1230. The number of alkyl halides is 3. The van der Waals surface area contributed by atoms with Crippen LogP contribution in [-0.4, -0.2) is 22.1 Å². The van der Waals surface area contributed by atoms with E-state index in [1.54, 1.807) is 6.07 Å². The van der Waals surface area contributed by atoms with Crippen molar-refractivity contribution >= 4 is 49.4 Å². The molecule has 2 N–H and O–H groups in total. The maximum Gasteiger partial charge on any atom is 0.573 e. The van der Waals surface area contributed by atoms with Gasteiger partial charge in [-0.15, -0.1) is 13.2 Å². The summed E-state index contributed by atoms with van der Waals surface area (Å²) < 4.78 is 43.6. The molecule has 0 radical (unpaired) electrons. The third kappa shape index (κ3) is 3.88. The fourth-order valence-electron chi connectivity index (χ4n) is 3.00. The van der Waals surface area contributed by atoms with Crippen LogP contribution >= 0.6 is 11.3 Å². The molecule has 4 rings (SSSR count). The molecule has 6 nitrogen and oxygen atoms in total. The van der Waals surface area contributed by atoms with Crippen LogP contribution in [0.5, 0.6) is 5.75 Å². The summed E-state index contributed by atoms with van der Waals surface area (Å²) in [6.45, 7) is 1.81. The first-order valence-corrected chi connectivity index (χ1v) is 9.53. The van der Waals surface area contributed by atoms with Gasteiger partial charge in [0.1, 0.15) is 16.8 Å². The second-order valence-corrected chi connectivity index (χ2v) is 7.39. The molecule has 0 aliphatic heterocycles. The summed E-state index contributed by atoms with van der Waals surface area (Å²) in [6.07, 6.45) is -4.31. The van der Waals surface area contributed by atoms with E-state index in [1.807, 2.05) is 30.7 Å². The van der Waals surface area contributed by atoms with Crippen LogP contribution in [0.1, 0.15) is 23.7 Å². The molecule has 0 amide bonds. The van der Waals surface area contributed by atoms with Gasteiger partial charge in [0.15, 0.2) is 5.78 Å². The number of fused-ring (bicyclic) bond motifs is 2. The molecule has 0 unspecified atom stereocenters. The van der Waals surface area contributed by atoms with Crippen molar-refractivity contribution in [3.63, 3.8) is 0 Å². The van der Waals surface area contributed by atoms with Gasteiger partial charge in [-0.2, -0.15) is 0 Å². The molecule has 0 saturated heterocycles. The average molecular weight is 421 g/mol. The molecular weight excluding hydrogens is 405 g/mol. The fraction of sp³-hybridized carbons (Fsp3) is 0.211. The summed E-state index contributed by atoms with van der Waals surface area (Å²) in [7, 11) is 1.84. The number of H-pyrrole nitrogens is 1. The molecule has 0 atom stereocenters. The van der Waals surface area contributed by atoms with Gasteiger partial charge in [0, 0.05) is 18.1 Å². The first-order valence-electron chi connectivity index (χ1n) is 8.72. The Hall–Kier alpha value is -3.14. The van der Waals surface area contributed by atoms with Crippen LogP contribution in [-0.2, 0) is 7.05 Å². The number of hydrogen-bond acceptors (Lipinski definition) is 5. The second-order valence-electron chi connectivity index (χ2n) is 6.36. The summed E-state index contributed by atoms with van der Waals surface area (Å²) >= 11 is 1.21. The van der Waals surface area contributed by atoms with Gasteiger partial charge in [-0.3, -0.25) is 4.79 Å². The monoisotopic (exact) mass is 421 g/mol. The van der Waals surface area contributed by atoms with Crippen LogP contribution in [0, 0.1) is 0 Å². The van der Waals surface area contributed by atoms with E-state index in [0.29, 0.717) is 33.3 Å². The first kappa shape index (κ1) is 19.2.